The molecule has 0 bridgehead atoms. The summed E-state index contributed by atoms with van der Waals surface area (Å²) in [6.07, 6.45) is 0.953. The molecule has 88 valence electrons. The van der Waals surface area contributed by atoms with Gasteiger partial charge in [-0.15, -0.1) is 10.2 Å². The summed E-state index contributed by atoms with van der Waals surface area (Å²) in [6.45, 7) is 2.07. The number of rotatable bonds is 3. The van der Waals surface area contributed by atoms with E-state index in [0.717, 1.165) is 17.8 Å². The number of aryl methyl sites for hydroxylation is 1. The van der Waals surface area contributed by atoms with Gasteiger partial charge in [0.15, 0.2) is 0 Å². The van der Waals surface area contributed by atoms with Gasteiger partial charge in [0.05, 0.1) is 0 Å². The SMILES string of the molecule is CCc1ccc(C(=O)Nc2nnc(N)s2)cc1. The molecule has 0 radical (unpaired) electrons. The lowest BCUT2D eigenvalue weighted by Gasteiger charge is -2.02. The molecule has 5 nitrogen and oxygen atoms in total. The van der Waals surface area contributed by atoms with E-state index in [-0.39, 0.29) is 5.91 Å². The van der Waals surface area contributed by atoms with Crippen molar-refractivity contribution in [3.63, 3.8) is 0 Å². The first kappa shape index (κ1) is 11.5. The molecular weight excluding hydrogens is 236 g/mol. The van der Waals surface area contributed by atoms with E-state index in [0.29, 0.717) is 15.8 Å². The normalized spacial score (nSPS) is 10.2. The predicted molar refractivity (Wildman–Crippen MR) is 68.1 cm³/mol. The lowest BCUT2D eigenvalue weighted by Crippen LogP contribution is -2.11. The topological polar surface area (TPSA) is 80.9 Å². The fourth-order valence-electron chi connectivity index (χ4n) is 1.35. The van der Waals surface area contributed by atoms with Crippen molar-refractivity contribution >= 4 is 27.5 Å². The van der Waals surface area contributed by atoms with E-state index in [9.17, 15) is 4.79 Å². The Labute approximate surface area is 103 Å². The molecule has 0 spiro atoms. The van der Waals surface area contributed by atoms with Gasteiger partial charge in [0.25, 0.3) is 5.91 Å². The Morgan fingerprint density at radius 1 is 1.35 bits per heavy atom. The Bertz CT molecular complexity index is 521. The van der Waals surface area contributed by atoms with Crippen molar-refractivity contribution < 1.29 is 4.79 Å². The maximum atomic E-state index is 11.8. The van der Waals surface area contributed by atoms with E-state index < -0.39 is 0 Å². The summed E-state index contributed by atoms with van der Waals surface area (Å²) in [5, 5.41) is 10.7. The molecule has 3 N–H and O–H groups in total. The van der Waals surface area contributed by atoms with Crippen LogP contribution in [-0.2, 0) is 6.42 Å². The first-order chi connectivity index (χ1) is 8.19. The van der Waals surface area contributed by atoms with Crippen molar-refractivity contribution in [1.82, 2.24) is 10.2 Å². The molecule has 0 fully saturated rings. The molecule has 1 amide bonds. The Balaban J connectivity index is 2.09. The van der Waals surface area contributed by atoms with Gasteiger partial charge in [0.1, 0.15) is 0 Å². The smallest absolute Gasteiger partial charge is 0.257 e. The zero-order chi connectivity index (χ0) is 12.3. The summed E-state index contributed by atoms with van der Waals surface area (Å²) in [4.78, 5) is 11.8. The lowest BCUT2D eigenvalue weighted by molar-refractivity contribution is 0.102. The van der Waals surface area contributed by atoms with E-state index in [1.807, 2.05) is 12.1 Å². The van der Waals surface area contributed by atoms with E-state index in [1.54, 1.807) is 12.1 Å². The summed E-state index contributed by atoms with van der Waals surface area (Å²) in [6, 6.07) is 7.45. The van der Waals surface area contributed by atoms with Crippen LogP contribution in [0.15, 0.2) is 24.3 Å². The van der Waals surface area contributed by atoms with Gasteiger partial charge in [-0.25, -0.2) is 0 Å². The van der Waals surface area contributed by atoms with Gasteiger partial charge in [-0.1, -0.05) is 30.4 Å². The largest absolute Gasteiger partial charge is 0.374 e. The second-order valence-corrected chi connectivity index (χ2v) is 4.46. The van der Waals surface area contributed by atoms with Gasteiger partial charge >= 0.3 is 0 Å². The fraction of sp³-hybridized carbons (Fsp3) is 0.182. The third-order valence-corrected chi connectivity index (χ3v) is 2.95. The Morgan fingerprint density at radius 3 is 2.59 bits per heavy atom. The van der Waals surface area contributed by atoms with Crippen LogP contribution in [0, 0.1) is 0 Å². The number of nitrogen functional groups attached to an aromatic ring is 1. The summed E-state index contributed by atoms with van der Waals surface area (Å²) in [5.41, 5.74) is 7.21. The average molecular weight is 248 g/mol. The van der Waals surface area contributed by atoms with Gasteiger partial charge in [0, 0.05) is 5.56 Å². The number of hydrogen-bond donors (Lipinski definition) is 2. The Kier molecular flexibility index (Phi) is 3.34. The molecule has 1 heterocycles. The van der Waals surface area contributed by atoms with Crippen LogP contribution >= 0.6 is 11.3 Å². The molecule has 0 atom stereocenters. The van der Waals surface area contributed by atoms with Crippen LogP contribution in [-0.4, -0.2) is 16.1 Å². The second-order valence-electron chi connectivity index (χ2n) is 3.45. The van der Waals surface area contributed by atoms with E-state index in [4.69, 9.17) is 5.73 Å². The van der Waals surface area contributed by atoms with Crippen molar-refractivity contribution in [2.75, 3.05) is 11.1 Å². The van der Waals surface area contributed by atoms with Crippen LogP contribution in [0.5, 0.6) is 0 Å². The van der Waals surface area contributed by atoms with Crippen molar-refractivity contribution in [2.24, 2.45) is 0 Å². The van der Waals surface area contributed by atoms with Crippen molar-refractivity contribution in [2.45, 2.75) is 13.3 Å². The van der Waals surface area contributed by atoms with Crippen LogP contribution in [0.4, 0.5) is 10.3 Å². The summed E-state index contributed by atoms with van der Waals surface area (Å²) in [5.74, 6) is -0.205. The number of anilines is 2. The molecular formula is C11H12N4OS. The van der Waals surface area contributed by atoms with E-state index >= 15 is 0 Å². The number of hydrogen-bond acceptors (Lipinski definition) is 5. The third kappa shape index (κ3) is 2.79. The van der Waals surface area contributed by atoms with E-state index in [1.165, 1.54) is 5.56 Å². The standard InChI is InChI=1S/C11H12N4OS/c1-2-7-3-5-8(6-4-7)9(16)13-11-15-14-10(12)17-11/h3-6H,2H2,1H3,(H2,12,14)(H,13,15,16). The number of nitrogens with zero attached hydrogens (tertiary/aromatic N) is 2. The number of nitrogens with one attached hydrogen (secondary N) is 1. The Hall–Kier alpha value is -1.95. The molecule has 1 aromatic carbocycles. The van der Waals surface area contributed by atoms with Crippen LogP contribution in [0.2, 0.25) is 0 Å². The maximum absolute atomic E-state index is 11.8. The van der Waals surface area contributed by atoms with E-state index in [2.05, 4.69) is 22.4 Å². The summed E-state index contributed by atoms with van der Waals surface area (Å²) in [7, 11) is 0. The molecule has 0 aliphatic rings. The highest BCUT2D eigenvalue weighted by atomic mass is 32.1. The van der Waals surface area contributed by atoms with Crippen LogP contribution < -0.4 is 11.1 Å². The first-order valence-electron chi connectivity index (χ1n) is 5.18. The number of amides is 1. The summed E-state index contributed by atoms with van der Waals surface area (Å²) >= 11 is 1.14. The minimum absolute atomic E-state index is 0.205. The highest BCUT2D eigenvalue weighted by molar-refractivity contribution is 7.19. The molecule has 2 aromatic rings. The maximum Gasteiger partial charge on any atom is 0.257 e. The monoisotopic (exact) mass is 248 g/mol. The van der Waals surface area contributed by atoms with Crippen molar-refractivity contribution in [3.8, 4) is 0 Å². The zero-order valence-electron chi connectivity index (χ0n) is 9.30. The molecule has 0 saturated heterocycles. The van der Waals surface area contributed by atoms with Crippen LogP contribution in [0.25, 0.3) is 0 Å². The van der Waals surface area contributed by atoms with Gasteiger partial charge in [0.2, 0.25) is 10.3 Å². The number of carbonyl (C=O) groups excluding carboxylic acids is 1. The van der Waals surface area contributed by atoms with Gasteiger partial charge < -0.3 is 5.73 Å². The van der Waals surface area contributed by atoms with Crippen LogP contribution in [0.1, 0.15) is 22.8 Å². The molecule has 6 heteroatoms. The molecule has 1 aromatic heterocycles. The molecule has 17 heavy (non-hydrogen) atoms. The molecule has 0 aliphatic carbocycles. The Morgan fingerprint density at radius 2 is 2.06 bits per heavy atom. The van der Waals surface area contributed by atoms with Gasteiger partial charge in [-0.3, -0.25) is 10.1 Å². The van der Waals surface area contributed by atoms with Gasteiger partial charge in [-0.05, 0) is 24.1 Å². The zero-order valence-corrected chi connectivity index (χ0v) is 10.1. The number of aromatic nitrogens is 2. The fourth-order valence-corrected chi connectivity index (χ4v) is 1.85. The predicted octanol–water partition coefficient (Wildman–Crippen LogP) is 1.93. The van der Waals surface area contributed by atoms with Gasteiger partial charge in [-0.2, -0.15) is 0 Å². The molecule has 2 rings (SSSR count). The minimum Gasteiger partial charge on any atom is -0.374 e. The number of carbonyl (C=O) groups is 1. The van der Waals surface area contributed by atoms with Crippen LogP contribution in [0.3, 0.4) is 0 Å². The quantitative estimate of drug-likeness (QED) is 0.869. The third-order valence-electron chi connectivity index (χ3n) is 2.29. The lowest BCUT2D eigenvalue weighted by atomic mass is 10.1. The number of nitrogens with two attached hydrogens (primary N) is 1. The highest BCUT2D eigenvalue weighted by Crippen LogP contribution is 2.17. The van der Waals surface area contributed by atoms with Crippen molar-refractivity contribution in [1.29, 1.82) is 0 Å². The van der Waals surface area contributed by atoms with Crippen molar-refractivity contribution in [3.05, 3.63) is 35.4 Å². The first-order valence-corrected chi connectivity index (χ1v) is 6.00. The second kappa shape index (κ2) is 4.92. The molecule has 0 saturated carbocycles. The highest BCUT2D eigenvalue weighted by Gasteiger charge is 2.08. The summed E-state index contributed by atoms with van der Waals surface area (Å²) < 4.78 is 0. The number of benzene rings is 1. The average Bonchev–Trinajstić information content (AvgIpc) is 2.75. The molecule has 0 aliphatic heterocycles. The minimum atomic E-state index is -0.205. The molecule has 0 unspecified atom stereocenters.